The summed E-state index contributed by atoms with van der Waals surface area (Å²) in [5, 5.41) is 11.0. The molecule has 0 aliphatic carbocycles. The van der Waals surface area contributed by atoms with E-state index < -0.39 is 7.14 Å². The Morgan fingerprint density at radius 2 is 1.87 bits per heavy atom. The van der Waals surface area contributed by atoms with Gasteiger partial charge in [-0.05, 0) is 55.5 Å². The summed E-state index contributed by atoms with van der Waals surface area (Å²) in [6.07, 6.45) is 4.42. The van der Waals surface area contributed by atoms with Crippen LogP contribution in [0.4, 0.5) is 0 Å². The van der Waals surface area contributed by atoms with Crippen LogP contribution < -0.4 is 4.74 Å². The van der Waals surface area contributed by atoms with Crippen molar-refractivity contribution in [3.8, 4) is 11.5 Å². The number of nitrogens with zero attached hydrogens (tertiary/aromatic N) is 1. The van der Waals surface area contributed by atoms with Gasteiger partial charge < -0.3 is 14.4 Å². The third-order valence-electron chi connectivity index (χ3n) is 6.68. The first-order valence-electron chi connectivity index (χ1n) is 10.6. The number of benzene rings is 2. The van der Waals surface area contributed by atoms with Gasteiger partial charge in [0.15, 0.2) is 0 Å². The average molecular weight is 423 g/mol. The molecule has 1 fully saturated rings. The highest BCUT2D eigenvalue weighted by atomic mass is 31.2. The van der Waals surface area contributed by atoms with Crippen LogP contribution in [0.25, 0.3) is 10.9 Å². The number of rotatable bonds is 5. The maximum atomic E-state index is 14.3. The largest absolute Gasteiger partial charge is 0.507 e. The fourth-order valence-corrected chi connectivity index (χ4v) is 8.63. The predicted octanol–water partition coefficient (Wildman–Crippen LogP) is 6.61. The lowest BCUT2D eigenvalue weighted by Gasteiger charge is -2.35. The van der Waals surface area contributed by atoms with Gasteiger partial charge in [0.2, 0.25) is 0 Å². The molecule has 2 aromatic carbocycles. The monoisotopic (exact) mass is 423 g/mol. The van der Waals surface area contributed by atoms with E-state index >= 15 is 0 Å². The summed E-state index contributed by atoms with van der Waals surface area (Å²) in [5.74, 6) is 0.996. The van der Waals surface area contributed by atoms with Gasteiger partial charge in [-0.15, -0.1) is 0 Å². The van der Waals surface area contributed by atoms with Gasteiger partial charge in [0.1, 0.15) is 25.2 Å². The molecule has 1 aromatic heterocycles. The van der Waals surface area contributed by atoms with Gasteiger partial charge >= 0.3 is 0 Å². The number of hydrogen-bond donors (Lipinski definition) is 1. The number of para-hydroxylation sites is 1. The summed E-state index contributed by atoms with van der Waals surface area (Å²) >= 11 is 0. The lowest BCUT2D eigenvalue weighted by molar-refractivity contribution is 0.311. The minimum absolute atomic E-state index is 0.209. The number of aromatic hydroxyl groups is 1. The Morgan fingerprint density at radius 1 is 1.17 bits per heavy atom. The molecule has 1 aliphatic rings. The number of aromatic nitrogens is 1. The van der Waals surface area contributed by atoms with Crippen LogP contribution in [0.2, 0.25) is 0 Å². The topological polar surface area (TPSA) is 59.4 Å². The van der Waals surface area contributed by atoms with Crippen LogP contribution in [0.15, 0.2) is 48.7 Å². The maximum Gasteiger partial charge on any atom is 0.138 e. The molecule has 5 heteroatoms. The predicted molar refractivity (Wildman–Crippen MR) is 123 cm³/mol. The summed E-state index contributed by atoms with van der Waals surface area (Å²) in [4.78, 5) is 4.49. The highest BCUT2D eigenvalue weighted by molar-refractivity contribution is 7.66. The number of hydrogen-bond acceptors (Lipinski definition) is 4. The molecule has 2 atom stereocenters. The highest BCUT2D eigenvalue weighted by Crippen LogP contribution is 2.73. The highest BCUT2D eigenvalue weighted by Gasteiger charge is 2.50. The Hall–Kier alpha value is -2.32. The van der Waals surface area contributed by atoms with E-state index in [0.29, 0.717) is 18.1 Å². The van der Waals surface area contributed by atoms with Crippen molar-refractivity contribution in [2.45, 2.75) is 51.4 Å². The molecule has 0 spiro atoms. The quantitative estimate of drug-likeness (QED) is 0.469. The Balaban J connectivity index is 1.71. The first-order chi connectivity index (χ1) is 14.2. The van der Waals surface area contributed by atoms with E-state index in [4.69, 9.17) is 4.74 Å². The Bertz CT molecular complexity index is 1120. The van der Waals surface area contributed by atoms with Crippen molar-refractivity contribution >= 4 is 18.0 Å². The number of aryl methyl sites for hydroxylation is 2. The van der Waals surface area contributed by atoms with Crippen LogP contribution in [0.3, 0.4) is 0 Å². The van der Waals surface area contributed by atoms with E-state index in [9.17, 15) is 9.67 Å². The molecule has 1 aliphatic heterocycles. The summed E-state index contributed by atoms with van der Waals surface area (Å²) in [5.41, 5.74) is 3.34. The van der Waals surface area contributed by atoms with Crippen LogP contribution in [-0.4, -0.2) is 28.0 Å². The average Bonchev–Trinajstić information content (AvgIpc) is 2.99. The fraction of sp³-hybridized carbons (Fsp3) is 0.400. The molecule has 1 saturated heterocycles. The third kappa shape index (κ3) is 3.63. The van der Waals surface area contributed by atoms with E-state index in [0.717, 1.165) is 46.6 Å². The fourth-order valence-electron chi connectivity index (χ4n) is 4.76. The van der Waals surface area contributed by atoms with E-state index in [1.165, 1.54) is 0 Å². The Labute approximate surface area is 178 Å². The normalized spacial score (nSPS) is 21.6. The van der Waals surface area contributed by atoms with Gasteiger partial charge in [-0.2, -0.15) is 0 Å². The summed E-state index contributed by atoms with van der Waals surface area (Å²) in [7, 11) is -2.57. The lowest BCUT2D eigenvalue weighted by Crippen LogP contribution is -2.23. The van der Waals surface area contributed by atoms with Crippen molar-refractivity contribution in [1.82, 2.24) is 4.98 Å². The molecular formula is C25H30NO3P. The zero-order chi connectivity index (χ0) is 21.5. The van der Waals surface area contributed by atoms with Gasteiger partial charge in [-0.3, -0.25) is 4.98 Å². The van der Waals surface area contributed by atoms with Crippen LogP contribution in [0, 0.1) is 13.8 Å². The van der Waals surface area contributed by atoms with Crippen molar-refractivity contribution in [2.75, 3.05) is 12.8 Å². The number of ether oxygens (including phenoxy) is 1. The van der Waals surface area contributed by atoms with Gasteiger partial charge in [0, 0.05) is 16.7 Å². The van der Waals surface area contributed by atoms with Crippen molar-refractivity contribution in [3.05, 3.63) is 65.4 Å². The molecule has 0 saturated carbocycles. The molecule has 4 rings (SSSR count). The molecular weight excluding hydrogens is 393 g/mol. The lowest BCUT2D eigenvalue weighted by atomic mass is 10.0. The second-order valence-corrected chi connectivity index (χ2v) is 13.0. The molecule has 1 N–H and O–H groups in total. The molecule has 2 heterocycles. The van der Waals surface area contributed by atoms with Gasteiger partial charge in [-0.1, -0.05) is 44.2 Å². The molecule has 0 bridgehead atoms. The number of pyridine rings is 1. The molecule has 4 nitrogen and oxygen atoms in total. The first kappa shape index (κ1) is 20.9. The molecule has 0 amide bonds. The Kier molecular flexibility index (Phi) is 5.40. The van der Waals surface area contributed by atoms with Crippen molar-refractivity contribution < 1.29 is 14.4 Å². The van der Waals surface area contributed by atoms with Crippen LogP contribution in [-0.2, 0) is 4.57 Å². The van der Waals surface area contributed by atoms with Gasteiger partial charge in [-0.25, -0.2) is 0 Å². The number of fused-ring (bicyclic) bond motifs is 1. The van der Waals surface area contributed by atoms with E-state index in [-0.39, 0.29) is 10.8 Å². The second-order valence-electron chi connectivity index (χ2n) is 9.13. The second kappa shape index (κ2) is 7.74. The van der Waals surface area contributed by atoms with E-state index in [1.807, 2.05) is 56.3 Å². The molecule has 30 heavy (non-hydrogen) atoms. The van der Waals surface area contributed by atoms with Gasteiger partial charge in [0.05, 0.1) is 17.4 Å². The minimum atomic E-state index is -2.57. The van der Waals surface area contributed by atoms with Crippen LogP contribution >= 0.6 is 7.14 Å². The first-order valence-corrected chi connectivity index (χ1v) is 12.5. The molecule has 2 unspecified atom stereocenters. The van der Waals surface area contributed by atoms with Crippen LogP contribution in [0.5, 0.6) is 11.5 Å². The third-order valence-corrected chi connectivity index (χ3v) is 11.4. The number of phenolic OH excluding ortho intramolecular Hbond substituents is 1. The van der Waals surface area contributed by atoms with E-state index in [2.05, 4.69) is 18.8 Å². The summed E-state index contributed by atoms with van der Waals surface area (Å²) in [6.45, 7) is 8.39. The van der Waals surface area contributed by atoms with Gasteiger partial charge in [0.25, 0.3) is 0 Å². The smallest absolute Gasteiger partial charge is 0.138 e. The van der Waals surface area contributed by atoms with Crippen molar-refractivity contribution in [3.63, 3.8) is 0 Å². The zero-order valence-corrected chi connectivity index (χ0v) is 19.1. The van der Waals surface area contributed by atoms with Crippen LogP contribution in [0.1, 0.15) is 49.0 Å². The summed E-state index contributed by atoms with van der Waals surface area (Å²) in [6, 6.07) is 13.9. The summed E-state index contributed by atoms with van der Waals surface area (Å²) < 4.78 is 20.6. The Morgan fingerprint density at radius 3 is 2.53 bits per heavy atom. The van der Waals surface area contributed by atoms with Crippen molar-refractivity contribution in [1.29, 1.82) is 0 Å². The molecule has 0 radical (unpaired) electrons. The van der Waals surface area contributed by atoms with E-state index in [1.54, 1.807) is 6.20 Å². The SMILES string of the molecule is Cc1cc(C(COc2cnc3ccccc3c2)P2(=O)CCCC2(C)C)cc(C)c1O. The molecule has 3 aromatic rings. The molecule has 158 valence electrons. The number of phenols is 1. The zero-order valence-electron chi connectivity index (χ0n) is 18.2. The maximum absolute atomic E-state index is 14.3. The standard InChI is InChI=1S/C25H30NO3P/c1-17-12-20(13-18(2)24(17)27)23(30(28)11-7-10-25(30,3)4)16-29-21-14-19-8-5-6-9-22(19)26-15-21/h5-6,8-9,12-15,23,27H,7,10-11,16H2,1-4H3. The van der Waals surface area contributed by atoms with Crippen molar-refractivity contribution in [2.24, 2.45) is 0 Å². The minimum Gasteiger partial charge on any atom is -0.507 e.